The number of benzene rings is 1. The Balaban J connectivity index is 2.63. The van der Waals surface area contributed by atoms with E-state index in [2.05, 4.69) is 20.1 Å². The smallest absolute Gasteiger partial charge is 0.416 e. The van der Waals surface area contributed by atoms with Gasteiger partial charge in [-0.2, -0.15) is 21.6 Å². The van der Waals surface area contributed by atoms with Gasteiger partial charge in [-0.05, 0) is 41.1 Å². The van der Waals surface area contributed by atoms with Crippen molar-refractivity contribution in [3.63, 3.8) is 0 Å². The summed E-state index contributed by atoms with van der Waals surface area (Å²) in [4.78, 5) is 0. The molecule has 0 bridgehead atoms. The number of rotatable bonds is 6. The van der Waals surface area contributed by atoms with Gasteiger partial charge in [0.1, 0.15) is 5.75 Å². The molecule has 0 heterocycles. The minimum absolute atomic E-state index is 0.0573. The summed E-state index contributed by atoms with van der Waals surface area (Å²) in [5.41, 5.74) is -0.783. The van der Waals surface area contributed by atoms with Crippen molar-refractivity contribution in [2.24, 2.45) is 0 Å². The lowest BCUT2D eigenvalue weighted by Crippen LogP contribution is -2.16. The first kappa shape index (κ1) is 18.2. The van der Waals surface area contributed by atoms with E-state index in [-0.39, 0.29) is 23.2 Å². The Morgan fingerprint density at radius 1 is 1.33 bits per heavy atom. The van der Waals surface area contributed by atoms with Crippen LogP contribution < -0.4 is 4.74 Å². The van der Waals surface area contributed by atoms with Crippen molar-refractivity contribution in [3.8, 4) is 5.75 Å². The summed E-state index contributed by atoms with van der Waals surface area (Å²) in [6.45, 7) is 1.61. The number of hydrogen-bond donors (Lipinski definition) is 0. The van der Waals surface area contributed by atoms with Crippen LogP contribution in [0.25, 0.3) is 0 Å². The fourth-order valence-electron chi connectivity index (χ4n) is 1.41. The van der Waals surface area contributed by atoms with Gasteiger partial charge in [-0.15, -0.1) is 0 Å². The van der Waals surface area contributed by atoms with Gasteiger partial charge in [-0.1, -0.05) is 0 Å². The van der Waals surface area contributed by atoms with E-state index in [1.807, 2.05) is 0 Å². The van der Waals surface area contributed by atoms with Crippen LogP contribution in [0.1, 0.15) is 18.9 Å². The first-order valence-corrected chi connectivity index (χ1v) is 8.48. The standard InChI is InChI=1S/C12H14BrF3O4S/c1-8(5-6-19-21(2,17)18)20-11-4-3-9(7-10(11)13)12(14,15)16/h3-4,7-8H,5-6H2,1-2H3/t8-/m1/s1. The van der Waals surface area contributed by atoms with Crippen molar-refractivity contribution >= 4 is 26.0 Å². The van der Waals surface area contributed by atoms with E-state index in [0.717, 1.165) is 18.4 Å². The number of hydrogen-bond acceptors (Lipinski definition) is 4. The highest BCUT2D eigenvalue weighted by molar-refractivity contribution is 9.10. The minimum Gasteiger partial charge on any atom is -0.489 e. The predicted octanol–water partition coefficient (Wildman–Crippen LogP) is 3.60. The Morgan fingerprint density at radius 2 is 1.95 bits per heavy atom. The lowest BCUT2D eigenvalue weighted by molar-refractivity contribution is -0.137. The molecule has 120 valence electrons. The molecule has 0 saturated carbocycles. The van der Waals surface area contributed by atoms with Crippen molar-refractivity contribution in [3.05, 3.63) is 28.2 Å². The summed E-state index contributed by atoms with van der Waals surface area (Å²) in [5, 5.41) is 0. The van der Waals surface area contributed by atoms with Crippen LogP contribution in [0.2, 0.25) is 0 Å². The van der Waals surface area contributed by atoms with E-state index >= 15 is 0 Å². The third-order valence-electron chi connectivity index (χ3n) is 2.41. The number of alkyl halides is 3. The molecule has 1 atom stereocenters. The SMILES string of the molecule is C[C@H](CCOS(C)(=O)=O)Oc1ccc(C(F)(F)F)cc1Br. The summed E-state index contributed by atoms with van der Waals surface area (Å²) in [6.07, 6.45) is -3.62. The van der Waals surface area contributed by atoms with Crippen molar-refractivity contribution < 1.29 is 30.5 Å². The molecular weight excluding hydrogens is 377 g/mol. The Morgan fingerprint density at radius 3 is 2.43 bits per heavy atom. The average molecular weight is 391 g/mol. The first-order chi connectivity index (χ1) is 9.49. The molecule has 0 spiro atoms. The molecule has 1 aromatic carbocycles. The van der Waals surface area contributed by atoms with E-state index in [0.29, 0.717) is 0 Å². The van der Waals surface area contributed by atoms with Gasteiger partial charge in [0.25, 0.3) is 10.1 Å². The maximum absolute atomic E-state index is 12.5. The third kappa shape index (κ3) is 6.66. The molecule has 0 aliphatic rings. The van der Waals surface area contributed by atoms with E-state index in [9.17, 15) is 21.6 Å². The largest absolute Gasteiger partial charge is 0.489 e. The van der Waals surface area contributed by atoms with Gasteiger partial charge in [-0.25, -0.2) is 0 Å². The van der Waals surface area contributed by atoms with E-state index in [1.54, 1.807) is 6.92 Å². The molecule has 0 aliphatic carbocycles. The highest BCUT2D eigenvalue weighted by atomic mass is 79.9. The topological polar surface area (TPSA) is 52.6 Å². The van der Waals surface area contributed by atoms with Gasteiger partial charge in [0.2, 0.25) is 0 Å². The van der Waals surface area contributed by atoms with Crippen molar-refractivity contribution in [1.29, 1.82) is 0 Å². The molecule has 0 saturated heterocycles. The summed E-state index contributed by atoms with van der Waals surface area (Å²) < 4.78 is 69.3. The normalized spacial score (nSPS) is 14.0. The van der Waals surface area contributed by atoms with Gasteiger partial charge in [0, 0.05) is 6.42 Å². The summed E-state index contributed by atoms with van der Waals surface area (Å²) in [6, 6.07) is 3.05. The molecule has 0 fully saturated rings. The molecule has 0 amide bonds. The van der Waals surface area contributed by atoms with Gasteiger partial charge in [-0.3, -0.25) is 4.18 Å². The summed E-state index contributed by atoms with van der Waals surface area (Å²) >= 11 is 3.02. The Labute approximate surface area is 129 Å². The second-order valence-corrected chi connectivity index (χ2v) is 6.88. The van der Waals surface area contributed by atoms with Crippen LogP contribution in [0.5, 0.6) is 5.75 Å². The van der Waals surface area contributed by atoms with Gasteiger partial charge >= 0.3 is 6.18 Å². The quantitative estimate of drug-likeness (QED) is 0.696. The van der Waals surface area contributed by atoms with E-state index in [4.69, 9.17) is 4.74 Å². The maximum Gasteiger partial charge on any atom is 0.416 e. The highest BCUT2D eigenvalue weighted by Crippen LogP contribution is 2.35. The van der Waals surface area contributed by atoms with E-state index in [1.165, 1.54) is 6.07 Å². The molecule has 1 rings (SSSR count). The van der Waals surface area contributed by atoms with E-state index < -0.39 is 28.0 Å². The molecule has 0 unspecified atom stereocenters. The maximum atomic E-state index is 12.5. The fourth-order valence-corrected chi connectivity index (χ4v) is 2.29. The third-order valence-corrected chi connectivity index (χ3v) is 3.62. The van der Waals surface area contributed by atoms with Crippen LogP contribution in [0.4, 0.5) is 13.2 Å². The Kier molecular flexibility index (Phi) is 6.06. The lowest BCUT2D eigenvalue weighted by atomic mass is 10.2. The van der Waals surface area contributed by atoms with Gasteiger partial charge < -0.3 is 4.74 Å². The van der Waals surface area contributed by atoms with Crippen molar-refractivity contribution in [1.82, 2.24) is 0 Å². The number of ether oxygens (including phenoxy) is 1. The second-order valence-electron chi connectivity index (χ2n) is 4.39. The van der Waals surface area contributed by atoms with Gasteiger partial charge in [0.15, 0.2) is 0 Å². The van der Waals surface area contributed by atoms with Crippen LogP contribution in [0.15, 0.2) is 22.7 Å². The molecule has 1 aromatic rings. The van der Waals surface area contributed by atoms with Crippen LogP contribution in [-0.4, -0.2) is 27.4 Å². The average Bonchev–Trinajstić information content (AvgIpc) is 2.28. The van der Waals surface area contributed by atoms with Crippen molar-refractivity contribution in [2.75, 3.05) is 12.9 Å². The zero-order valence-corrected chi connectivity index (χ0v) is 13.7. The molecule has 9 heteroatoms. The van der Waals surface area contributed by atoms with Crippen LogP contribution in [-0.2, 0) is 20.5 Å². The summed E-state index contributed by atoms with van der Waals surface area (Å²) in [7, 11) is -3.51. The molecule has 0 aromatic heterocycles. The Hall–Kier alpha value is -0.800. The fraction of sp³-hybridized carbons (Fsp3) is 0.500. The minimum atomic E-state index is -4.42. The zero-order valence-electron chi connectivity index (χ0n) is 11.3. The van der Waals surface area contributed by atoms with Crippen molar-refractivity contribution in [2.45, 2.75) is 25.6 Å². The van der Waals surface area contributed by atoms with Gasteiger partial charge in [0.05, 0.1) is 29.0 Å². The predicted molar refractivity (Wildman–Crippen MR) is 74.6 cm³/mol. The number of halogens is 4. The monoisotopic (exact) mass is 390 g/mol. The second kappa shape index (κ2) is 6.97. The van der Waals surface area contributed by atoms with Crippen LogP contribution in [0, 0.1) is 0 Å². The molecule has 0 aliphatic heterocycles. The molecule has 21 heavy (non-hydrogen) atoms. The highest BCUT2D eigenvalue weighted by Gasteiger charge is 2.31. The zero-order chi connectivity index (χ0) is 16.3. The summed E-state index contributed by atoms with van der Waals surface area (Å²) in [5.74, 6) is 0.245. The Bertz CT molecular complexity index is 587. The van der Waals surface area contributed by atoms with Crippen LogP contribution >= 0.6 is 15.9 Å². The lowest BCUT2D eigenvalue weighted by Gasteiger charge is -2.16. The molecular formula is C12H14BrF3O4S. The van der Waals surface area contributed by atoms with Crippen LogP contribution in [0.3, 0.4) is 0 Å². The molecule has 0 N–H and O–H groups in total. The first-order valence-electron chi connectivity index (χ1n) is 5.87. The molecule has 4 nitrogen and oxygen atoms in total. The molecule has 0 radical (unpaired) electrons.